The van der Waals surface area contributed by atoms with E-state index in [4.69, 9.17) is 4.74 Å². The van der Waals surface area contributed by atoms with E-state index in [1.165, 1.54) is 38.5 Å². The number of piperidine rings is 1. The predicted octanol–water partition coefficient (Wildman–Crippen LogP) is 2.88. The Hall–Kier alpha value is -2.58. The van der Waals surface area contributed by atoms with E-state index in [1.807, 2.05) is 0 Å². The van der Waals surface area contributed by atoms with Gasteiger partial charge in [-0.05, 0) is 63.2 Å². The average molecular weight is 446 g/mol. The zero-order chi connectivity index (χ0) is 22.1. The lowest BCUT2D eigenvalue weighted by atomic mass is 10.1. The number of nitrogens with zero attached hydrogens (tertiary/aromatic N) is 2. The number of hydrogen-bond donors (Lipinski definition) is 1. The average Bonchev–Trinajstić information content (AvgIpc) is 2.81. The van der Waals surface area contributed by atoms with Crippen LogP contribution in [0.4, 0.5) is 5.69 Å². The van der Waals surface area contributed by atoms with Crippen molar-refractivity contribution in [1.29, 1.82) is 0 Å². The van der Waals surface area contributed by atoms with Crippen LogP contribution in [0.5, 0.6) is 5.75 Å². The van der Waals surface area contributed by atoms with E-state index in [0.717, 1.165) is 30.4 Å². The number of amides is 1. The summed E-state index contributed by atoms with van der Waals surface area (Å²) >= 11 is 0. The number of benzene rings is 2. The Morgan fingerprint density at radius 2 is 1.81 bits per heavy atom. The summed E-state index contributed by atoms with van der Waals surface area (Å²) in [6.07, 6.45) is 4.61. The summed E-state index contributed by atoms with van der Waals surface area (Å²) in [6.45, 7) is 3.41. The summed E-state index contributed by atoms with van der Waals surface area (Å²) in [6, 6.07) is 14.9. The molecule has 0 aromatic heterocycles. The van der Waals surface area contributed by atoms with Crippen LogP contribution in [-0.2, 0) is 14.8 Å². The minimum absolute atomic E-state index is 0.135. The summed E-state index contributed by atoms with van der Waals surface area (Å²) in [5.41, 5.74) is 0.381. The fraction of sp³-hybridized carbons (Fsp3) is 0.435. The van der Waals surface area contributed by atoms with E-state index in [-0.39, 0.29) is 17.3 Å². The molecule has 31 heavy (non-hydrogen) atoms. The van der Waals surface area contributed by atoms with Crippen LogP contribution in [0.1, 0.15) is 25.7 Å². The monoisotopic (exact) mass is 445 g/mol. The molecular weight excluding hydrogens is 414 g/mol. The largest absolute Gasteiger partial charge is 0.497 e. The highest BCUT2D eigenvalue weighted by molar-refractivity contribution is 7.92. The topological polar surface area (TPSA) is 79.0 Å². The van der Waals surface area contributed by atoms with E-state index >= 15 is 0 Å². The molecule has 3 rings (SSSR count). The number of anilines is 1. The number of ether oxygens (including phenoxy) is 1. The number of carbonyl (C=O) groups is 1. The van der Waals surface area contributed by atoms with Crippen LogP contribution in [0.3, 0.4) is 0 Å². The van der Waals surface area contributed by atoms with Crippen molar-refractivity contribution in [3.8, 4) is 5.75 Å². The van der Waals surface area contributed by atoms with Crippen LogP contribution >= 0.6 is 0 Å². The first-order valence-corrected chi connectivity index (χ1v) is 12.2. The Bertz CT molecular complexity index is 944. The summed E-state index contributed by atoms with van der Waals surface area (Å²) < 4.78 is 33.0. The molecule has 1 amide bonds. The molecule has 2 aromatic rings. The summed E-state index contributed by atoms with van der Waals surface area (Å²) in [4.78, 5) is 15.2. The van der Waals surface area contributed by atoms with Crippen LogP contribution in [0.2, 0.25) is 0 Å². The van der Waals surface area contributed by atoms with Gasteiger partial charge in [-0.3, -0.25) is 9.10 Å². The first-order chi connectivity index (χ1) is 15.0. The molecule has 1 saturated heterocycles. The van der Waals surface area contributed by atoms with E-state index in [9.17, 15) is 13.2 Å². The molecular formula is C23H31N3O4S. The van der Waals surface area contributed by atoms with Crippen molar-refractivity contribution < 1.29 is 17.9 Å². The van der Waals surface area contributed by atoms with E-state index in [1.54, 1.807) is 42.5 Å². The minimum Gasteiger partial charge on any atom is -0.497 e. The molecule has 0 aliphatic carbocycles. The Morgan fingerprint density at radius 3 is 2.52 bits per heavy atom. The predicted molar refractivity (Wildman–Crippen MR) is 122 cm³/mol. The molecule has 1 heterocycles. The molecule has 0 saturated carbocycles. The van der Waals surface area contributed by atoms with Crippen molar-refractivity contribution >= 4 is 21.6 Å². The van der Waals surface area contributed by atoms with Gasteiger partial charge in [0.1, 0.15) is 12.3 Å². The number of hydrogen-bond acceptors (Lipinski definition) is 5. The van der Waals surface area contributed by atoms with Gasteiger partial charge in [0, 0.05) is 12.6 Å². The summed E-state index contributed by atoms with van der Waals surface area (Å²) in [5.74, 6) is 0.189. The van der Waals surface area contributed by atoms with Gasteiger partial charge in [0.05, 0.1) is 17.7 Å². The summed E-state index contributed by atoms with van der Waals surface area (Å²) in [5, 5.41) is 2.87. The van der Waals surface area contributed by atoms with E-state index in [0.29, 0.717) is 18.0 Å². The Labute approximate surface area is 185 Å². The molecule has 1 fully saturated rings. The molecule has 1 aliphatic heterocycles. The third kappa shape index (κ3) is 6.45. The lowest BCUT2D eigenvalue weighted by Crippen LogP contribution is -2.41. The second kappa shape index (κ2) is 11.2. The van der Waals surface area contributed by atoms with E-state index in [2.05, 4.69) is 10.2 Å². The fourth-order valence-electron chi connectivity index (χ4n) is 3.70. The molecule has 0 bridgehead atoms. The second-order valence-electron chi connectivity index (χ2n) is 7.63. The highest BCUT2D eigenvalue weighted by Gasteiger charge is 2.27. The smallest absolute Gasteiger partial charge is 0.264 e. The molecule has 168 valence electrons. The highest BCUT2D eigenvalue weighted by Crippen LogP contribution is 2.26. The summed E-state index contributed by atoms with van der Waals surface area (Å²) in [7, 11) is -2.40. The third-order valence-electron chi connectivity index (χ3n) is 5.38. The standard InChI is InChI=1S/C23H31N3O4S/c1-30-21-11-8-10-20(18-21)26(31(28,29)22-12-4-2-5-13-22)19-23(27)24-14-9-17-25-15-6-3-7-16-25/h2,4-5,8,10-13,18H,3,6-7,9,14-17,19H2,1H3,(H,24,27). The number of carbonyl (C=O) groups excluding carboxylic acids is 1. The molecule has 0 spiro atoms. The van der Waals surface area contributed by atoms with Crippen molar-refractivity contribution in [2.24, 2.45) is 0 Å². The fourth-order valence-corrected chi connectivity index (χ4v) is 5.13. The van der Waals surface area contributed by atoms with Gasteiger partial charge in [0.2, 0.25) is 5.91 Å². The number of nitrogens with one attached hydrogen (secondary N) is 1. The van der Waals surface area contributed by atoms with Gasteiger partial charge < -0.3 is 15.0 Å². The quantitative estimate of drug-likeness (QED) is 0.569. The van der Waals surface area contributed by atoms with Gasteiger partial charge in [-0.15, -0.1) is 0 Å². The Kier molecular flexibility index (Phi) is 8.31. The number of likely N-dealkylation sites (tertiary alicyclic amines) is 1. The van der Waals surface area contributed by atoms with Crippen molar-refractivity contribution in [3.63, 3.8) is 0 Å². The van der Waals surface area contributed by atoms with Crippen LogP contribution in [0.15, 0.2) is 59.5 Å². The SMILES string of the molecule is COc1cccc(N(CC(=O)NCCCN2CCCCC2)S(=O)(=O)c2ccccc2)c1. The maximum Gasteiger partial charge on any atom is 0.264 e. The molecule has 1 aliphatic rings. The van der Waals surface area contributed by atoms with Gasteiger partial charge in [0.25, 0.3) is 10.0 Å². The minimum atomic E-state index is -3.91. The van der Waals surface area contributed by atoms with Gasteiger partial charge in [0.15, 0.2) is 0 Å². The zero-order valence-corrected chi connectivity index (χ0v) is 18.8. The molecule has 0 atom stereocenters. The van der Waals surface area contributed by atoms with Crippen molar-refractivity contribution in [2.45, 2.75) is 30.6 Å². The Balaban J connectivity index is 1.68. The van der Waals surface area contributed by atoms with Crippen LogP contribution in [0.25, 0.3) is 0 Å². The molecule has 7 nitrogen and oxygen atoms in total. The molecule has 1 N–H and O–H groups in total. The van der Waals surface area contributed by atoms with Crippen LogP contribution in [-0.4, -0.2) is 59.1 Å². The van der Waals surface area contributed by atoms with Crippen molar-refractivity contribution in [2.75, 3.05) is 44.1 Å². The third-order valence-corrected chi connectivity index (χ3v) is 7.17. The molecule has 2 aromatic carbocycles. The van der Waals surface area contributed by atoms with Crippen molar-refractivity contribution in [1.82, 2.24) is 10.2 Å². The molecule has 0 radical (unpaired) electrons. The molecule has 8 heteroatoms. The zero-order valence-electron chi connectivity index (χ0n) is 18.0. The first kappa shape index (κ1) is 23.1. The van der Waals surface area contributed by atoms with Crippen LogP contribution in [0, 0.1) is 0 Å². The van der Waals surface area contributed by atoms with Gasteiger partial charge in [-0.1, -0.05) is 30.7 Å². The highest BCUT2D eigenvalue weighted by atomic mass is 32.2. The normalized spacial score (nSPS) is 14.7. The number of sulfonamides is 1. The maximum absolute atomic E-state index is 13.3. The lowest BCUT2D eigenvalue weighted by molar-refractivity contribution is -0.119. The lowest BCUT2D eigenvalue weighted by Gasteiger charge is -2.26. The van der Waals surface area contributed by atoms with Gasteiger partial charge in [-0.2, -0.15) is 0 Å². The Morgan fingerprint density at radius 1 is 1.06 bits per heavy atom. The van der Waals surface area contributed by atoms with Gasteiger partial charge >= 0.3 is 0 Å². The van der Waals surface area contributed by atoms with Gasteiger partial charge in [-0.25, -0.2) is 8.42 Å². The van der Waals surface area contributed by atoms with Crippen LogP contribution < -0.4 is 14.4 Å². The maximum atomic E-state index is 13.3. The van der Waals surface area contributed by atoms with E-state index < -0.39 is 10.0 Å². The number of methoxy groups -OCH3 is 1. The first-order valence-electron chi connectivity index (χ1n) is 10.7. The molecule has 0 unspecified atom stereocenters. The number of rotatable bonds is 10. The van der Waals surface area contributed by atoms with Crippen molar-refractivity contribution in [3.05, 3.63) is 54.6 Å². The second-order valence-corrected chi connectivity index (χ2v) is 9.49.